The Kier molecular flexibility index (Phi) is 65.8. The van der Waals surface area contributed by atoms with Crippen molar-refractivity contribution in [3.05, 3.63) is 158 Å². The Labute approximate surface area is 688 Å². The summed E-state index contributed by atoms with van der Waals surface area (Å²) in [5.74, 6) is -0.321. The van der Waals surface area contributed by atoms with Crippen LogP contribution in [0.4, 0.5) is 0 Å². The molecular formula is C95H159NO18. The number of amides is 1. The summed E-state index contributed by atoms with van der Waals surface area (Å²) in [4.78, 5) is 13.5. The Morgan fingerprint density at radius 2 is 0.614 bits per heavy atom. The summed E-state index contributed by atoms with van der Waals surface area (Å²) in [7, 11) is 0. The van der Waals surface area contributed by atoms with E-state index in [-0.39, 0.29) is 12.3 Å². The van der Waals surface area contributed by atoms with Crippen LogP contribution in [0.2, 0.25) is 0 Å². The first-order valence-electron chi connectivity index (χ1n) is 44.7. The summed E-state index contributed by atoms with van der Waals surface area (Å²) in [5, 5.41) is 121. The van der Waals surface area contributed by atoms with Crippen molar-refractivity contribution in [1.29, 1.82) is 0 Å². The van der Waals surface area contributed by atoms with Crippen molar-refractivity contribution in [2.24, 2.45) is 0 Å². The van der Waals surface area contributed by atoms with E-state index in [2.05, 4.69) is 165 Å². The Balaban J connectivity index is 1.37. The maximum absolute atomic E-state index is 13.5. The number of hydrogen-bond donors (Lipinski definition) is 12. The standard InChI is InChI=1S/C95H159NO18/c1-3-5-7-9-11-13-15-17-19-21-23-25-27-29-31-33-35-37-38-39-40-41-43-45-47-49-51-53-55-57-59-61-63-65-67-69-71-73-83(101)96-78(79(100)72-70-68-66-64-62-60-58-56-54-52-50-48-46-44-42-36-34-32-30-28-26-24-22-20-18-16-14-12-10-8-6-4-2)77-109-93-89(107)86(104)91(81(75-98)111-93)114-95-90(108)87(105)92(82(76-99)112-95)113-94-88(106)85(103)84(102)80(74-97)110-94/h5,7,11,13,17,19,23,25,29,31,35,37,39-40,43,45,49,51,55,57,61-64,70,72,78-82,84-95,97-100,102-108H,3-4,6,8-10,12,14-16,18,20-22,24,26-28,30,32-34,36,38,41-42,44,46-48,50,52-54,56,58-60,65-69,71,73-77H2,1-2H3,(H,96,101)/b7-5-,13-11-,19-17-,25-23-,31-29-,37-35-,40-39-,45-43-,51-49-,57-55-,63-61-,64-62+,72-70+. The summed E-state index contributed by atoms with van der Waals surface area (Å²) in [6, 6.07) is -1.02. The van der Waals surface area contributed by atoms with Gasteiger partial charge in [-0.05, 0) is 116 Å². The number of ether oxygens (including phenoxy) is 6. The van der Waals surface area contributed by atoms with Crippen LogP contribution in [0, 0.1) is 0 Å². The van der Waals surface area contributed by atoms with Crippen molar-refractivity contribution in [2.75, 3.05) is 26.4 Å². The lowest BCUT2D eigenvalue weighted by atomic mass is 9.96. The highest BCUT2D eigenvalue weighted by atomic mass is 16.8. The van der Waals surface area contributed by atoms with Gasteiger partial charge in [-0.3, -0.25) is 4.79 Å². The maximum atomic E-state index is 13.5. The normalized spacial score (nSPS) is 25.5. The number of hydrogen-bond acceptors (Lipinski definition) is 18. The molecule has 3 aliphatic heterocycles. The molecule has 3 heterocycles. The zero-order valence-electron chi connectivity index (χ0n) is 70.3. The van der Waals surface area contributed by atoms with E-state index in [1.807, 2.05) is 6.08 Å². The van der Waals surface area contributed by atoms with Crippen LogP contribution >= 0.6 is 0 Å². The van der Waals surface area contributed by atoms with Gasteiger partial charge >= 0.3 is 0 Å². The average molecular weight is 1600 g/mol. The van der Waals surface area contributed by atoms with Crippen LogP contribution in [-0.4, -0.2) is 193 Å². The smallest absolute Gasteiger partial charge is 0.220 e. The fourth-order valence-electron chi connectivity index (χ4n) is 14.0. The van der Waals surface area contributed by atoms with Gasteiger partial charge in [0.15, 0.2) is 18.9 Å². The number of rotatable bonds is 70. The van der Waals surface area contributed by atoms with Crippen molar-refractivity contribution in [1.82, 2.24) is 5.32 Å². The van der Waals surface area contributed by atoms with E-state index >= 15 is 0 Å². The number of allylic oxidation sites excluding steroid dienone is 25. The van der Waals surface area contributed by atoms with Crippen LogP contribution in [0.15, 0.2) is 158 Å². The second-order valence-corrected chi connectivity index (χ2v) is 31.0. The molecular weight excluding hydrogens is 1440 g/mol. The number of aliphatic hydroxyl groups excluding tert-OH is 11. The molecule has 17 atom stereocenters. The molecule has 0 spiro atoms. The summed E-state index contributed by atoms with van der Waals surface area (Å²) < 4.78 is 34.5. The quantitative estimate of drug-likeness (QED) is 0.0199. The first-order chi connectivity index (χ1) is 55.8. The molecule has 0 aliphatic carbocycles. The van der Waals surface area contributed by atoms with E-state index in [1.54, 1.807) is 6.08 Å². The Morgan fingerprint density at radius 1 is 0.325 bits per heavy atom. The van der Waals surface area contributed by atoms with Gasteiger partial charge in [0.1, 0.15) is 73.2 Å². The first kappa shape index (κ1) is 104. The monoisotopic (exact) mass is 1600 g/mol. The largest absolute Gasteiger partial charge is 0.394 e. The molecule has 19 nitrogen and oxygen atoms in total. The summed E-state index contributed by atoms with van der Waals surface area (Å²) in [6.45, 7) is 1.60. The third kappa shape index (κ3) is 50.4. The van der Waals surface area contributed by atoms with E-state index in [0.717, 1.165) is 109 Å². The van der Waals surface area contributed by atoms with Crippen LogP contribution < -0.4 is 5.32 Å². The molecule has 0 bridgehead atoms. The topological polar surface area (TPSA) is 307 Å². The Bertz CT molecular complexity index is 2680. The molecule has 0 radical (unpaired) electrons. The lowest BCUT2D eigenvalue weighted by molar-refractivity contribution is -0.379. The molecule has 3 aliphatic rings. The zero-order valence-corrected chi connectivity index (χ0v) is 70.3. The molecule has 0 aromatic heterocycles. The van der Waals surface area contributed by atoms with Crippen molar-refractivity contribution in [3.63, 3.8) is 0 Å². The minimum atomic E-state index is -1.99. The van der Waals surface area contributed by atoms with Crippen molar-refractivity contribution >= 4 is 5.91 Å². The highest BCUT2D eigenvalue weighted by molar-refractivity contribution is 5.76. The number of carbonyl (C=O) groups is 1. The van der Waals surface area contributed by atoms with E-state index in [4.69, 9.17) is 28.4 Å². The summed E-state index contributed by atoms with van der Waals surface area (Å²) >= 11 is 0. The third-order valence-electron chi connectivity index (χ3n) is 21.1. The van der Waals surface area contributed by atoms with Gasteiger partial charge in [-0.15, -0.1) is 0 Å². The van der Waals surface area contributed by atoms with Gasteiger partial charge in [0.05, 0.1) is 38.6 Å². The molecule has 3 rings (SSSR count). The highest BCUT2D eigenvalue weighted by Gasteiger charge is 2.54. The predicted molar refractivity (Wildman–Crippen MR) is 461 cm³/mol. The fourth-order valence-corrected chi connectivity index (χ4v) is 14.0. The van der Waals surface area contributed by atoms with E-state index in [0.29, 0.717) is 12.8 Å². The van der Waals surface area contributed by atoms with Gasteiger partial charge in [0.2, 0.25) is 5.91 Å². The molecule has 0 aromatic carbocycles. The number of carbonyl (C=O) groups excluding carboxylic acids is 1. The SMILES string of the molecule is CC/C=C\C/C=C\C/C=C\C/C=C\C/C=C\C/C=C\C/C=C\C/C=C\C/C=C\C/C=C\C/C=C\CCCCCC(=O)NC(COC1OC(CO)C(OC2OC(CO)C(OC3OC(CO)C(O)C(O)C3O)C(O)C2O)C(O)C1O)C(O)/C=C/CC/C=C/CCCCCCCCCCCCCCCCCCCCCCCCCCCC. The molecule has 12 N–H and O–H groups in total. The van der Waals surface area contributed by atoms with Crippen LogP contribution in [0.5, 0.6) is 0 Å². The van der Waals surface area contributed by atoms with Gasteiger partial charge in [-0.2, -0.15) is 0 Å². The van der Waals surface area contributed by atoms with Crippen molar-refractivity contribution in [3.8, 4) is 0 Å². The summed E-state index contributed by atoms with van der Waals surface area (Å²) in [6.07, 6.45) is 81.0. The van der Waals surface area contributed by atoms with Crippen LogP contribution in [0.1, 0.15) is 303 Å². The highest BCUT2D eigenvalue weighted by Crippen LogP contribution is 2.33. The third-order valence-corrected chi connectivity index (χ3v) is 21.1. The number of nitrogens with one attached hydrogen (secondary N) is 1. The molecule has 114 heavy (non-hydrogen) atoms. The van der Waals surface area contributed by atoms with Gasteiger partial charge in [-0.1, -0.05) is 339 Å². The van der Waals surface area contributed by atoms with Crippen LogP contribution in [-0.2, 0) is 33.2 Å². The average Bonchev–Trinajstić information content (AvgIpc) is 0.777. The van der Waals surface area contributed by atoms with Gasteiger partial charge in [0, 0.05) is 6.42 Å². The second kappa shape index (κ2) is 72.4. The predicted octanol–water partition coefficient (Wildman–Crippen LogP) is 17.1. The van der Waals surface area contributed by atoms with Crippen molar-refractivity contribution < 1.29 is 89.4 Å². The molecule has 0 aromatic rings. The molecule has 1 amide bonds. The van der Waals surface area contributed by atoms with E-state index in [1.165, 1.54) is 161 Å². The van der Waals surface area contributed by atoms with Crippen molar-refractivity contribution in [2.45, 2.75) is 407 Å². The second-order valence-electron chi connectivity index (χ2n) is 31.0. The zero-order chi connectivity index (χ0) is 82.4. The minimum absolute atomic E-state index is 0.185. The lowest BCUT2D eigenvalue weighted by Gasteiger charge is -2.48. The van der Waals surface area contributed by atoms with E-state index < -0.39 is 131 Å². The maximum Gasteiger partial charge on any atom is 0.220 e. The molecule has 3 saturated heterocycles. The van der Waals surface area contributed by atoms with Crippen LogP contribution in [0.3, 0.4) is 0 Å². The first-order valence-corrected chi connectivity index (χ1v) is 44.7. The number of aliphatic hydroxyl groups is 11. The summed E-state index contributed by atoms with van der Waals surface area (Å²) in [5.41, 5.74) is 0. The lowest BCUT2D eigenvalue weighted by Crippen LogP contribution is -2.66. The van der Waals surface area contributed by atoms with Crippen LogP contribution in [0.25, 0.3) is 0 Å². The Morgan fingerprint density at radius 3 is 0.982 bits per heavy atom. The minimum Gasteiger partial charge on any atom is -0.394 e. The molecule has 19 heteroatoms. The molecule has 3 fully saturated rings. The molecule has 17 unspecified atom stereocenters. The van der Waals surface area contributed by atoms with Gasteiger partial charge in [-0.25, -0.2) is 0 Å². The Hall–Kier alpha value is -4.59. The molecule has 652 valence electrons. The van der Waals surface area contributed by atoms with Gasteiger partial charge < -0.3 is 89.9 Å². The van der Waals surface area contributed by atoms with Gasteiger partial charge in [0.25, 0.3) is 0 Å². The molecule has 0 saturated carbocycles. The number of unbranched alkanes of at least 4 members (excludes halogenated alkanes) is 30. The van der Waals surface area contributed by atoms with E-state index in [9.17, 15) is 61.0 Å². The fraction of sp³-hybridized carbons (Fsp3) is 0.716.